The summed E-state index contributed by atoms with van der Waals surface area (Å²) in [5, 5.41) is 28.4. The zero-order valence-corrected chi connectivity index (χ0v) is 28.8. The van der Waals surface area contributed by atoms with E-state index >= 15 is 0 Å². The Bertz CT molecular complexity index is 1490. The molecule has 3 aromatic carbocycles. The van der Waals surface area contributed by atoms with Crippen molar-refractivity contribution >= 4 is 12.0 Å². The largest absolute Gasteiger partial charge is 0.492 e. The standard InChI is InChI=1S/C39H51N3O7/c1-39(2,3)49-38(46)41-34(24-27-9-5-4-6-10-27)36(44)25-29(37(45)40-33-26-35(43)32-12-8-7-11-31(32)33)23-28-13-15-30(16-14-28)48-22-19-42-17-20-47-21-18-42/h4-16,29,33-36,43-44H,17-26H2,1-3H3,(H,40,45)(H,41,46). The first-order valence-corrected chi connectivity index (χ1v) is 17.3. The highest BCUT2D eigenvalue weighted by atomic mass is 16.6. The summed E-state index contributed by atoms with van der Waals surface area (Å²) in [6.45, 7) is 10.1. The molecule has 10 nitrogen and oxygen atoms in total. The van der Waals surface area contributed by atoms with Crippen LogP contribution < -0.4 is 15.4 Å². The van der Waals surface area contributed by atoms with E-state index in [-0.39, 0.29) is 18.4 Å². The lowest BCUT2D eigenvalue weighted by atomic mass is 9.88. The minimum Gasteiger partial charge on any atom is -0.492 e. The maximum absolute atomic E-state index is 14.1. The highest BCUT2D eigenvalue weighted by molar-refractivity contribution is 5.80. The summed E-state index contributed by atoms with van der Waals surface area (Å²) in [4.78, 5) is 29.2. The molecule has 49 heavy (non-hydrogen) atoms. The maximum Gasteiger partial charge on any atom is 0.407 e. The number of nitrogens with one attached hydrogen (secondary N) is 2. The molecule has 2 aliphatic rings. The van der Waals surface area contributed by atoms with Crippen LogP contribution in [0.3, 0.4) is 0 Å². The summed E-state index contributed by atoms with van der Waals surface area (Å²) in [6, 6.07) is 23.9. The van der Waals surface area contributed by atoms with Gasteiger partial charge in [-0.2, -0.15) is 0 Å². The van der Waals surface area contributed by atoms with Gasteiger partial charge in [0.25, 0.3) is 0 Å². The van der Waals surface area contributed by atoms with Gasteiger partial charge in [0.05, 0.1) is 37.5 Å². The van der Waals surface area contributed by atoms with Crippen molar-refractivity contribution in [3.8, 4) is 5.75 Å². The van der Waals surface area contributed by atoms with Gasteiger partial charge in [0.1, 0.15) is 18.0 Å². The van der Waals surface area contributed by atoms with Crippen molar-refractivity contribution in [2.75, 3.05) is 39.5 Å². The number of ether oxygens (including phenoxy) is 3. The number of aliphatic hydroxyl groups is 2. The molecule has 1 heterocycles. The Morgan fingerprint density at radius 1 is 0.918 bits per heavy atom. The van der Waals surface area contributed by atoms with Gasteiger partial charge in [0.15, 0.2) is 0 Å². The number of hydrogen-bond donors (Lipinski definition) is 4. The molecule has 4 N–H and O–H groups in total. The molecule has 0 saturated carbocycles. The first-order chi connectivity index (χ1) is 23.5. The zero-order chi connectivity index (χ0) is 34.8. The molecule has 0 bridgehead atoms. The fraction of sp³-hybridized carbons (Fsp3) is 0.487. The van der Waals surface area contributed by atoms with Crippen molar-refractivity contribution in [2.45, 2.75) is 76.3 Å². The van der Waals surface area contributed by atoms with Crippen LogP contribution in [0.5, 0.6) is 5.75 Å². The van der Waals surface area contributed by atoms with Crippen LogP contribution in [0.15, 0.2) is 78.9 Å². The Morgan fingerprint density at radius 3 is 2.27 bits per heavy atom. The Morgan fingerprint density at radius 2 is 1.57 bits per heavy atom. The second-order valence-electron chi connectivity index (χ2n) is 14.0. The van der Waals surface area contributed by atoms with E-state index in [9.17, 15) is 19.8 Å². The summed E-state index contributed by atoms with van der Waals surface area (Å²) >= 11 is 0. The normalized spacial score (nSPS) is 19.7. The average molecular weight is 674 g/mol. The molecule has 5 unspecified atom stereocenters. The average Bonchev–Trinajstić information content (AvgIpc) is 3.39. The van der Waals surface area contributed by atoms with Crippen molar-refractivity contribution in [3.05, 3.63) is 101 Å². The fourth-order valence-corrected chi connectivity index (χ4v) is 6.51. The third-order valence-corrected chi connectivity index (χ3v) is 9.05. The number of amides is 2. The lowest BCUT2D eigenvalue weighted by molar-refractivity contribution is -0.127. The van der Waals surface area contributed by atoms with Crippen LogP contribution in [-0.2, 0) is 27.1 Å². The topological polar surface area (TPSA) is 130 Å². The number of benzene rings is 3. The third-order valence-electron chi connectivity index (χ3n) is 9.05. The minimum absolute atomic E-state index is 0.0911. The SMILES string of the molecule is CC(C)(C)OC(=O)NC(Cc1ccccc1)C(O)CC(Cc1ccc(OCCN2CCOCC2)cc1)C(=O)NC1CC(O)c2ccccc21. The van der Waals surface area contributed by atoms with Crippen molar-refractivity contribution in [1.82, 2.24) is 15.5 Å². The van der Waals surface area contributed by atoms with Crippen LogP contribution in [0.4, 0.5) is 4.79 Å². The molecule has 1 saturated heterocycles. The van der Waals surface area contributed by atoms with Crippen molar-refractivity contribution in [2.24, 2.45) is 5.92 Å². The molecular formula is C39H51N3O7. The number of morpholine rings is 1. The number of carbonyl (C=O) groups is 2. The molecule has 0 spiro atoms. The lowest BCUT2D eigenvalue weighted by Gasteiger charge is -2.29. The number of nitrogens with zero attached hydrogens (tertiary/aromatic N) is 1. The van der Waals surface area contributed by atoms with E-state index in [0.717, 1.165) is 60.9 Å². The van der Waals surface area contributed by atoms with E-state index in [1.165, 1.54) is 0 Å². The molecule has 5 rings (SSSR count). The molecule has 0 aromatic heterocycles. The molecule has 10 heteroatoms. The summed E-state index contributed by atoms with van der Waals surface area (Å²) in [6.07, 6.45) is -1.16. The van der Waals surface area contributed by atoms with Crippen LogP contribution in [0.1, 0.15) is 68.0 Å². The number of alkyl carbamates (subject to hydrolysis) is 1. The van der Waals surface area contributed by atoms with Crippen LogP contribution in [0.25, 0.3) is 0 Å². The van der Waals surface area contributed by atoms with E-state index in [1.54, 1.807) is 20.8 Å². The van der Waals surface area contributed by atoms with Gasteiger partial charge in [-0.25, -0.2) is 4.79 Å². The van der Waals surface area contributed by atoms with E-state index in [2.05, 4.69) is 15.5 Å². The van der Waals surface area contributed by atoms with Gasteiger partial charge < -0.3 is 35.1 Å². The summed E-state index contributed by atoms with van der Waals surface area (Å²) in [5.74, 6) is -0.111. The number of carbonyl (C=O) groups excluding carboxylic acids is 2. The van der Waals surface area contributed by atoms with Crippen LogP contribution in [0, 0.1) is 5.92 Å². The highest BCUT2D eigenvalue weighted by Crippen LogP contribution is 2.38. The maximum atomic E-state index is 14.1. The molecule has 3 aromatic rings. The molecule has 1 aliphatic heterocycles. The van der Waals surface area contributed by atoms with E-state index in [4.69, 9.17) is 14.2 Å². The molecule has 1 aliphatic carbocycles. The summed E-state index contributed by atoms with van der Waals surface area (Å²) < 4.78 is 16.9. The molecule has 2 amide bonds. The molecule has 1 fully saturated rings. The molecular weight excluding hydrogens is 622 g/mol. The zero-order valence-electron chi connectivity index (χ0n) is 28.8. The van der Waals surface area contributed by atoms with Crippen molar-refractivity contribution in [1.29, 1.82) is 0 Å². The third kappa shape index (κ3) is 11.0. The highest BCUT2D eigenvalue weighted by Gasteiger charge is 2.34. The second-order valence-corrected chi connectivity index (χ2v) is 14.0. The van der Waals surface area contributed by atoms with Gasteiger partial charge in [-0.1, -0.05) is 66.7 Å². The van der Waals surface area contributed by atoms with E-state index in [1.807, 2.05) is 78.9 Å². The van der Waals surface area contributed by atoms with Crippen LogP contribution in [0.2, 0.25) is 0 Å². The van der Waals surface area contributed by atoms with Crippen molar-refractivity contribution in [3.63, 3.8) is 0 Å². The number of aliphatic hydroxyl groups excluding tert-OH is 2. The number of hydrogen-bond acceptors (Lipinski definition) is 8. The van der Waals surface area contributed by atoms with Gasteiger partial charge >= 0.3 is 6.09 Å². The Balaban J connectivity index is 1.30. The van der Waals surface area contributed by atoms with E-state index in [0.29, 0.717) is 25.9 Å². The smallest absolute Gasteiger partial charge is 0.407 e. The predicted molar refractivity (Wildman–Crippen MR) is 187 cm³/mol. The first-order valence-electron chi connectivity index (χ1n) is 17.3. The van der Waals surface area contributed by atoms with Gasteiger partial charge in [-0.05, 0) is 74.4 Å². The Hall–Kier alpha value is -3.96. The van der Waals surface area contributed by atoms with Gasteiger partial charge in [-0.15, -0.1) is 0 Å². The summed E-state index contributed by atoms with van der Waals surface area (Å²) in [5.41, 5.74) is 2.85. The first kappa shape index (κ1) is 36.3. The minimum atomic E-state index is -1.06. The molecule has 264 valence electrons. The van der Waals surface area contributed by atoms with Crippen molar-refractivity contribution < 1.29 is 34.0 Å². The van der Waals surface area contributed by atoms with Crippen LogP contribution >= 0.6 is 0 Å². The van der Waals surface area contributed by atoms with Gasteiger partial charge in [-0.3, -0.25) is 9.69 Å². The quantitative estimate of drug-likeness (QED) is 0.193. The Kier molecular flexibility index (Phi) is 12.7. The molecule has 0 radical (unpaired) electrons. The molecule has 5 atom stereocenters. The van der Waals surface area contributed by atoms with E-state index < -0.39 is 35.9 Å². The number of rotatable bonds is 14. The number of fused-ring (bicyclic) bond motifs is 1. The predicted octanol–water partition coefficient (Wildman–Crippen LogP) is 4.74. The van der Waals surface area contributed by atoms with Gasteiger partial charge in [0.2, 0.25) is 5.91 Å². The Labute approximate surface area is 289 Å². The lowest BCUT2D eigenvalue weighted by Crippen LogP contribution is -2.48. The second kappa shape index (κ2) is 17.1. The van der Waals surface area contributed by atoms with Gasteiger partial charge in [0, 0.05) is 32.0 Å². The summed E-state index contributed by atoms with van der Waals surface area (Å²) in [7, 11) is 0. The fourth-order valence-electron chi connectivity index (χ4n) is 6.51. The monoisotopic (exact) mass is 673 g/mol. The van der Waals surface area contributed by atoms with Crippen LogP contribution in [-0.4, -0.2) is 84.3 Å².